The smallest absolute Gasteiger partial charge is 0.256 e. The maximum absolute atomic E-state index is 12.6. The molecule has 19 heavy (non-hydrogen) atoms. The molecular weight excluding hydrogens is 264 g/mol. The predicted molar refractivity (Wildman–Crippen MR) is 75.6 cm³/mol. The molecule has 0 unspecified atom stereocenters. The van der Waals surface area contributed by atoms with E-state index in [2.05, 4.69) is 5.32 Å². The molecule has 1 aromatic carbocycles. The Morgan fingerprint density at radius 2 is 1.89 bits per heavy atom. The monoisotopic (exact) mass is 280 g/mol. The van der Waals surface area contributed by atoms with Crippen molar-refractivity contribution in [2.24, 2.45) is 0 Å². The van der Waals surface area contributed by atoms with Gasteiger partial charge < -0.3 is 10.2 Å². The zero-order chi connectivity index (χ0) is 14.4. The van der Waals surface area contributed by atoms with Crippen LogP contribution in [0.5, 0.6) is 0 Å². The van der Waals surface area contributed by atoms with E-state index in [0.717, 1.165) is 5.56 Å². The number of carbonyl (C=O) groups excluding carboxylic acids is 2. The molecule has 2 rings (SSSR count). The van der Waals surface area contributed by atoms with Crippen molar-refractivity contribution < 1.29 is 9.59 Å². The van der Waals surface area contributed by atoms with Crippen molar-refractivity contribution in [3.63, 3.8) is 0 Å². The molecule has 0 saturated heterocycles. The number of benzene rings is 1. The van der Waals surface area contributed by atoms with Gasteiger partial charge in [-0.2, -0.15) is 0 Å². The first kappa shape index (κ1) is 13.9. The lowest BCUT2D eigenvalue weighted by atomic mass is 10.0. The molecule has 1 aliphatic heterocycles. The lowest BCUT2D eigenvalue weighted by Crippen LogP contribution is -2.47. The van der Waals surface area contributed by atoms with Gasteiger partial charge in [0.05, 0.1) is 16.3 Å². The first-order valence-corrected chi connectivity index (χ1v) is 6.50. The Bertz CT molecular complexity index is 561. The molecule has 0 radical (unpaired) electrons. The maximum atomic E-state index is 12.6. The first-order valence-electron chi connectivity index (χ1n) is 6.12. The van der Waals surface area contributed by atoms with E-state index in [-0.39, 0.29) is 18.4 Å². The summed E-state index contributed by atoms with van der Waals surface area (Å²) in [5.41, 5.74) is 1.33. The van der Waals surface area contributed by atoms with Crippen molar-refractivity contribution in [1.82, 2.24) is 4.90 Å². The molecule has 2 amide bonds. The van der Waals surface area contributed by atoms with Gasteiger partial charge in [-0.1, -0.05) is 11.6 Å². The number of carbonyl (C=O) groups is 2. The quantitative estimate of drug-likeness (QED) is 0.794. The van der Waals surface area contributed by atoms with Crippen LogP contribution in [-0.4, -0.2) is 28.8 Å². The van der Waals surface area contributed by atoms with Crippen molar-refractivity contribution in [3.05, 3.63) is 28.3 Å². The van der Waals surface area contributed by atoms with E-state index in [1.165, 1.54) is 0 Å². The van der Waals surface area contributed by atoms with E-state index in [0.29, 0.717) is 16.3 Å². The zero-order valence-electron chi connectivity index (χ0n) is 11.5. The van der Waals surface area contributed by atoms with E-state index in [1.54, 1.807) is 17.0 Å². The topological polar surface area (TPSA) is 49.4 Å². The average Bonchev–Trinajstić information content (AvgIpc) is 2.38. The van der Waals surface area contributed by atoms with Gasteiger partial charge in [0.1, 0.15) is 6.54 Å². The third-order valence-corrected chi connectivity index (χ3v) is 3.38. The Labute approximate surface area is 117 Å². The summed E-state index contributed by atoms with van der Waals surface area (Å²) in [6.07, 6.45) is 0. The molecule has 0 saturated carbocycles. The lowest BCUT2D eigenvalue weighted by molar-refractivity contribution is -0.117. The second kappa shape index (κ2) is 4.53. The minimum absolute atomic E-state index is 0.0341. The highest BCUT2D eigenvalue weighted by atomic mass is 35.5. The summed E-state index contributed by atoms with van der Waals surface area (Å²) in [5, 5.41) is 3.11. The van der Waals surface area contributed by atoms with Crippen LogP contribution in [0.25, 0.3) is 0 Å². The molecule has 1 aromatic rings. The molecule has 5 heteroatoms. The van der Waals surface area contributed by atoms with Gasteiger partial charge in [-0.05, 0) is 45.4 Å². The number of fused-ring (bicyclic) bond motifs is 1. The van der Waals surface area contributed by atoms with Gasteiger partial charge in [0.25, 0.3) is 5.91 Å². The lowest BCUT2D eigenvalue weighted by Gasteiger charge is -2.34. The third-order valence-electron chi connectivity index (χ3n) is 3.09. The van der Waals surface area contributed by atoms with Crippen LogP contribution < -0.4 is 5.32 Å². The number of halogens is 1. The van der Waals surface area contributed by atoms with E-state index in [4.69, 9.17) is 11.6 Å². The van der Waals surface area contributed by atoms with Gasteiger partial charge in [0.2, 0.25) is 5.91 Å². The van der Waals surface area contributed by atoms with E-state index < -0.39 is 5.54 Å². The van der Waals surface area contributed by atoms with Crippen molar-refractivity contribution in [2.75, 3.05) is 11.9 Å². The van der Waals surface area contributed by atoms with Crippen molar-refractivity contribution in [3.8, 4) is 0 Å². The van der Waals surface area contributed by atoms with Crippen LogP contribution in [0.3, 0.4) is 0 Å². The molecule has 1 aliphatic rings. The number of amides is 2. The van der Waals surface area contributed by atoms with Gasteiger partial charge in [-0.25, -0.2) is 0 Å². The molecule has 1 heterocycles. The van der Waals surface area contributed by atoms with E-state index in [9.17, 15) is 9.59 Å². The third kappa shape index (κ3) is 2.59. The summed E-state index contributed by atoms with van der Waals surface area (Å²) in [6, 6.07) is 3.49. The van der Waals surface area contributed by atoms with Gasteiger partial charge >= 0.3 is 0 Å². The van der Waals surface area contributed by atoms with Crippen molar-refractivity contribution in [2.45, 2.75) is 33.2 Å². The fourth-order valence-electron chi connectivity index (χ4n) is 2.12. The highest BCUT2D eigenvalue weighted by molar-refractivity contribution is 6.35. The summed E-state index contributed by atoms with van der Waals surface area (Å²) in [4.78, 5) is 26.1. The minimum atomic E-state index is -0.424. The van der Waals surface area contributed by atoms with Crippen molar-refractivity contribution >= 4 is 29.1 Å². The van der Waals surface area contributed by atoms with Crippen LogP contribution in [0, 0.1) is 6.92 Å². The van der Waals surface area contributed by atoms with Crippen molar-refractivity contribution in [1.29, 1.82) is 0 Å². The van der Waals surface area contributed by atoms with Crippen LogP contribution in [0.1, 0.15) is 36.7 Å². The highest BCUT2D eigenvalue weighted by Gasteiger charge is 2.34. The zero-order valence-corrected chi connectivity index (χ0v) is 12.3. The minimum Gasteiger partial charge on any atom is -0.324 e. The van der Waals surface area contributed by atoms with Gasteiger partial charge in [-0.15, -0.1) is 0 Å². The summed E-state index contributed by atoms with van der Waals surface area (Å²) in [5.74, 6) is -0.403. The molecule has 0 aromatic heterocycles. The summed E-state index contributed by atoms with van der Waals surface area (Å²) >= 11 is 6.13. The Balaban J connectivity index is 2.61. The van der Waals surface area contributed by atoms with Crippen LogP contribution in [0.2, 0.25) is 5.02 Å². The molecule has 0 fully saturated rings. The van der Waals surface area contributed by atoms with Crippen LogP contribution in [-0.2, 0) is 4.79 Å². The largest absolute Gasteiger partial charge is 0.324 e. The van der Waals surface area contributed by atoms with E-state index >= 15 is 0 Å². The molecule has 102 valence electrons. The number of rotatable bonds is 0. The summed E-state index contributed by atoms with van der Waals surface area (Å²) < 4.78 is 0. The maximum Gasteiger partial charge on any atom is 0.256 e. The van der Waals surface area contributed by atoms with Gasteiger partial charge in [-0.3, -0.25) is 9.59 Å². The SMILES string of the molecule is Cc1cc(Cl)c2c(c1)C(=O)N(C(C)(C)C)CC(=O)N2. The van der Waals surface area contributed by atoms with Crippen LogP contribution in [0.15, 0.2) is 12.1 Å². The van der Waals surface area contributed by atoms with Gasteiger partial charge in [0, 0.05) is 5.54 Å². The normalized spacial score (nSPS) is 15.9. The fraction of sp³-hybridized carbons (Fsp3) is 0.429. The Hall–Kier alpha value is -1.55. The Morgan fingerprint density at radius 3 is 2.47 bits per heavy atom. The van der Waals surface area contributed by atoms with Crippen LogP contribution in [0.4, 0.5) is 5.69 Å². The molecular formula is C14H17ClN2O2. The summed E-state index contributed by atoms with van der Waals surface area (Å²) in [6.45, 7) is 7.61. The number of nitrogens with one attached hydrogen (secondary N) is 1. The molecule has 0 bridgehead atoms. The second-order valence-electron chi connectivity index (χ2n) is 5.78. The van der Waals surface area contributed by atoms with Crippen LogP contribution >= 0.6 is 11.6 Å². The Kier molecular flexibility index (Phi) is 3.31. The average molecular weight is 281 g/mol. The summed E-state index contributed by atoms with van der Waals surface area (Å²) in [7, 11) is 0. The standard InChI is InChI=1S/C14H17ClN2O2/c1-8-5-9-12(10(15)6-8)16-11(18)7-17(13(9)19)14(2,3)4/h5-6H,7H2,1-4H3,(H,16,18). The number of nitrogens with zero attached hydrogens (tertiary/aromatic N) is 1. The second-order valence-corrected chi connectivity index (χ2v) is 6.19. The predicted octanol–water partition coefficient (Wildman–Crippen LogP) is 2.84. The fourth-order valence-corrected chi connectivity index (χ4v) is 2.44. The molecule has 0 spiro atoms. The number of aryl methyl sites for hydroxylation is 1. The molecule has 0 aliphatic carbocycles. The number of anilines is 1. The molecule has 4 nitrogen and oxygen atoms in total. The molecule has 1 N–H and O–H groups in total. The number of hydrogen-bond donors (Lipinski definition) is 1. The van der Waals surface area contributed by atoms with E-state index in [1.807, 2.05) is 27.7 Å². The number of hydrogen-bond acceptors (Lipinski definition) is 2. The van der Waals surface area contributed by atoms with Gasteiger partial charge in [0.15, 0.2) is 0 Å². The Morgan fingerprint density at radius 1 is 1.26 bits per heavy atom. The first-order chi connectivity index (χ1) is 8.70. The molecule has 0 atom stereocenters. The highest BCUT2D eigenvalue weighted by Crippen LogP contribution is 2.32.